The second-order valence-electron chi connectivity index (χ2n) is 5.13. The molecular weight excluding hydrogens is 254 g/mol. The predicted molar refractivity (Wildman–Crippen MR) is 75.0 cm³/mol. The number of hydrogen-bond donors (Lipinski definition) is 1. The van der Waals surface area contributed by atoms with E-state index < -0.39 is 0 Å². The monoisotopic (exact) mass is 273 g/mol. The summed E-state index contributed by atoms with van der Waals surface area (Å²) in [5.74, 6) is 0. The Hall–Kier alpha value is -2.06. The first-order valence-corrected chi connectivity index (χ1v) is 6.76. The fourth-order valence-electron chi connectivity index (χ4n) is 2.44. The van der Waals surface area contributed by atoms with Gasteiger partial charge in [-0.1, -0.05) is 12.1 Å². The fourth-order valence-corrected chi connectivity index (χ4v) is 2.44. The normalized spacial score (nSPS) is 22.1. The molecule has 2 atom stereocenters. The van der Waals surface area contributed by atoms with Crippen molar-refractivity contribution in [1.82, 2.24) is 10.2 Å². The van der Waals surface area contributed by atoms with E-state index in [2.05, 4.69) is 11.4 Å². The molecule has 1 aliphatic heterocycles. The van der Waals surface area contributed by atoms with E-state index in [1.165, 1.54) is 0 Å². The molecule has 1 aromatic rings. The van der Waals surface area contributed by atoms with Crippen LogP contribution in [0.5, 0.6) is 0 Å². The van der Waals surface area contributed by atoms with Gasteiger partial charge in [-0.3, -0.25) is 0 Å². The topological polar surface area (TPSA) is 65.4 Å². The quantitative estimate of drug-likeness (QED) is 0.893. The highest BCUT2D eigenvalue weighted by molar-refractivity contribution is 5.68. The van der Waals surface area contributed by atoms with Crippen LogP contribution in [0.25, 0.3) is 0 Å². The fraction of sp³-hybridized carbons (Fsp3) is 0.467. The third-order valence-corrected chi connectivity index (χ3v) is 3.46. The molecular formula is C15H19N3O2. The van der Waals surface area contributed by atoms with Crippen molar-refractivity contribution < 1.29 is 9.53 Å². The number of nitrogens with one attached hydrogen (secondary N) is 1. The van der Waals surface area contributed by atoms with Gasteiger partial charge >= 0.3 is 6.09 Å². The van der Waals surface area contributed by atoms with Gasteiger partial charge in [-0.15, -0.1) is 0 Å². The predicted octanol–water partition coefficient (Wildman–Crippen LogP) is 1.88. The highest BCUT2D eigenvalue weighted by Gasteiger charge is 2.29. The Morgan fingerprint density at radius 1 is 1.45 bits per heavy atom. The summed E-state index contributed by atoms with van der Waals surface area (Å²) in [5, 5.41) is 12.1. The molecule has 0 aromatic heterocycles. The lowest BCUT2D eigenvalue weighted by Crippen LogP contribution is -2.57. The molecule has 1 fully saturated rings. The largest absolute Gasteiger partial charge is 0.445 e. The average Bonchev–Trinajstić information content (AvgIpc) is 2.45. The van der Waals surface area contributed by atoms with Crippen LogP contribution in [0.4, 0.5) is 4.79 Å². The zero-order chi connectivity index (χ0) is 14.5. The Labute approximate surface area is 119 Å². The first-order valence-electron chi connectivity index (χ1n) is 6.76. The summed E-state index contributed by atoms with van der Waals surface area (Å²) in [4.78, 5) is 13.9. The highest BCUT2D eigenvalue weighted by atomic mass is 16.6. The Morgan fingerprint density at radius 3 is 2.80 bits per heavy atom. The Morgan fingerprint density at radius 2 is 2.15 bits per heavy atom. The smallest absolute Gasteiger partial charge is 0.410 e. The third kappa shape index (κ3) is 3.28. The minimum atomic E-state index is -0.297. The zero-order valence-corrected chi connectivity index (χ0v) is 11.8. The molecule has 0 aliphatic carbocycles. The van der Waals surface area contributed by atoms with E-state index in [1.54, 1.807) is 23.1 Å². The number of amides is 1. The van der Waals surface area contributed by atoms with Crippen LogP contribution in [0.15, 0.2) is 24.3 Å². The molecule has 1 heterocycles. The van der Waals surface area contributed by atoms with E-state index >= 15 is 0 Å². The maximum atomic E-state index is 12.2. The van der Waals surface area contributed by atoms with Gasteiger partial charge in [-0.2, -0.15) is 5.26 Å². The second kappa shape index (κ2) is 6.40. The molecule has 1 N–H and O–H groups in total. The summed E-state index contributed by atoms with van der Waals surface area (Å²) in [6.07, 6.45) is -0.297. The van der Waals surface area contributed by atoms with Crippen molar-refractivity contribution in [1.29, 1.82) is 5.26 Å². The third-order valence-electron chi connectivity index (χ3n) is 3.46. The van der Waals surface area contributed by atoms with E-state index in [-0.39, 0.29) is 24.8 Å². The minimum Gasteiger partial charge on any atom is -0.445 e. The number of nitrogens with zero attached hydrogens (tertiary/aromatic N) is 2. The number of piperazine rings is 1. The van der Waals surface area contributed by atoms with Crippen molar-refractivity contribution in [3.8, 4) is 6.07 Å². The molecule has 0 spiro atoms. The molecule has 1 saturated heterocycles. The lowest BCUT2D eigenvalue weighted by atomic mass is 10.1. The van der Waals surface area contributed by atoms with Crippen LogP contribution < -0.4 is 5.32 Å². The number of hydrogen-bond acceptors (Lipinski definition) is 4. The van der Waals surface area contributed by atoms with E-state index in [0.717, 1.165) is 18.7 Å². The molecule has 5 heteroatoms. The molecule has 2 unspecified atom stereocenters. The van der Waals surface area contributed by atoms with Crippen LogP contribution in [0, 0.1) is 11.3 Å². The number of carbonyl (C=O) groups is 1. The molecule has 106 valence electrons. The van der Waals surface area contributed by atoms with E-state index in [9.17, 15) is 4.79 Å². The maximum absolute atomic E-state index is 12.2. The Balaban J connectivity index is 1.96. The second-order valence-corrected chi connectivity index (χ2v) is 5.13. The van der Waals surface area contributed by atoms with Gasteiger partial charge in [0.1, 0.15) is 6.61 Å². The van der Waals surface area contributed by atoms with Crippen molar-refractivity contribution in [2.75, 3.05) is 13.1 Å². The van der Waals surface area contributed by atoms with Gasteiger partial charge in [-0.25, -0.2) is 4.79 Å². The Kier molecular flexibility index (Phi) is 4.59. The van der Waals surface area contributed by atoms with Gasteiger partial charge in [0.2, 0.25) is 0 Å². The van der Waals surface area contributed by atoms with Crippen molar-refractivity contribution in [3.63, 3.8) is 0 Å². The molecule has 1 aliphatic rings. The number of nitriles is 1. The number of benzene rings is 1. The van der Waals surface area contributed by atoms with Gasteiger partial charge in [0, 0.05) is 25.2 Å². The lowest BCUT2D eigenvalue weighted by Gasteiger charge is -2.38. The van der Waals surface area contributed by atoms with Crippen LogP contribution in [0.2, 0.25) is 0 Å². The first kappa shape index (κ1) is 14.4. The zero-order valence-electron chi connectivity index (χ0n) is 11.8. The molecule has 1 amide bonds. The average molecular weight is 273 g/mol. The molecule has 1 aromatic carbocycles. The molecule has 0 bridgehead atoms. The minimum absolute atomic E-state index is 0.122. The molecule has 20 heavy (non-hydrogen) atoms. The summed E-state index contributed by atoms with van der Waals surface area (Å²) in [6.45, 7) is 5.75. The van der Waals surface area contributed by atoms with Crippen LogP contribution in [-0.4, -0.2) is 36.2 Å². The van der Waals surface area contributed by atoms with Gasteiger partial charge in [0.15, 0.2) is 0 Å². The number of rotatable bonds is 2. The highest BCUT2D eigenvalue weighted by Crippen LogP contribution is 2.13. The van der Waals surface area contributed by atoms with Crippen LogP contribution in [0.3, 0.4) is 0 Å². The van der Waals surface area contributed by atoms with Crippen LogP contribution >= 0.6 is 0 Å². The van der Waals surface area contributed by atoms with Crippen LogP contribution in [-0.2, 0) is 11.3 Å². The standard InChI is InChI=1S/C15H19N3O2/c1-11-8-17-9-12(2)18(11)15(19)20-10-14-5-3-4-13(6-14)7-16/h3-6,11-12,17H,8-10H2,1-2H3. The van der Waals surface area contributed by atoms with Gasteiger partial charge in [0.05, 0.1) is 11.6 Å². The summed E-state index contributed by atoms with van der Waals surface area (Å²) in [6, 6.07) is 9.41. The van der Waals surface area contributed by atoms with E-state index in [1.807, 2.05) is 19.9 Å². The summed E-state index contributed by atoms with van der Waals surface area (Å²) in [7, 11) is 0. The molecule has 5 nitrogen and oxygen atoms in total. The SMILES string of the molecule is CC1CNCC(C)N1C(=O)OCc1cccc(C#N)c1. The van der Waals surface area contributed by atoms with Crippen molar-refractivity contribution in [2.45, 2.75) is 32.5 Å². The summed E-state index contributed by atoms with van der Waals surface area (Å²) < 4.78 is 5.36. The van der Waals surface area contributed by atoms with Crippen molar-refractivity contribution >= 4 is 6.09 Å². The van der Waals surface area contributed by atoms with Gasteiger partial charge in [-0.05, 0) is 31.5 Å². The van der Waals surface area contributed by atoms with Crippen molar-refractivity contribution in [3.05, 3.63) is 35.4 Å². The summed E-state index contributed by atoms with van der Waals surface area (Å²) in [5.41, 5.74) is 1.40. The lowest BCUT2D eigenvalue weighted by molar-refractivity contribution is 0.0564. The van der Waals surface area contributed by atoms with Gasteiger partial charge in [0.25, 0.3) is 0 Å². The van der Waals surface area contributed by atoms with Crippen molar-refractivity contribution in [2.24, 2.45) is 0 Å². The molecule has 0 saturated carbocycles. The Bertz CT molecular complexity index is 514. The summed E-state index contributed by atoms with van der Waals surface area (Å²) >= 11 is 0. The maximum Gasteiger partial charge on any atom is 0.410 e. The number of carbonyl (C=O) groups excluding carboxylic acids is 1. The number of ether oxygens (including phenoxy) is 1. The van der Waals surface area contributed by atoms with Crippen LogP contribution in [0.1, 0.15) is 25.0 Å². The molecule has 2 rings (SSSR count). The first-order chi connectivity index (χ1) is 9.61. The van der Waals surface area contributed by atoms with E-state index in [0.29, 0.717) is 5.56 Å². The van der Waals surface area contributed by atoms with E-state index in [4.69, 9.17) is 10.00 Å². The molecule has 0 radical (unpaired) electrons. The van der Waals surface area contributed by atoms with Gasteiger partial charge < -0.3 is 15.0 Å².